The zero-order valence-corrected chi connectivity index (χ0v) is 22.6. The average Bonchev–Trinajstić information content (AvgIpc) is 3.30. The molecule has 0 amide bonds. The Kier molecular flexibility index (Phi) is 6.79. The number of nitrogens with two attached hydrogens (primary N) is 1. The number of aliphatic imine (C=N–C) groups is 1. The molecule has 1 saturated heterocycles. The summed E-state index contributed by atoms with van der Waals surface area (Å²) in [5, 5.41) is 3.32. The Labute approximate surface area is 231 Å². The Morgan fingerprint density at radius 3 is 2.80 bits per heavy atom. The molecule has 2 unspecified atom stereocenters. The van der Waals surface area contributed by atoms with E-state index in [0.717, 1.165) is 22.4 Å². The number of hydrogen-bond donors (Lipinski definition) is 3. The van der Waals surface area contributed by atoms with Crippen molar-refractivity contribution in [3.63, 3.8) is 0 Å². The summed E-state index contributed by atoms with van der Waals surface area (Å²) in [6.07, 6.45) is 12.5. The van der Waals surface area contributed by atoms with Crippen LogP contribution in [0.2, 0.25) is 0 Å². The smallest absolute Gasteiger partial charge is 0.159 e. The van der Waals surface area contributed by atoms with Crippen LogP contribution in [0.3, 0.4) is 0 Å². The lowest BCUT2D eigenvalue weighted by Crippen LogP contribution is -2.52. The van der Waals surface area contributed by atoms with Crippen molar-refractivity contribution in [3.05, 3.63) is 107 Å². The quantitative estimate of drug-likeness (QED) is 0.307. The molecule has 0 spiro atoms. The molecule has 1 fully saturated rings. The van der Waals surface area contributed by atoms with Crippen LogP contribution in [0.25, 0.3) is 16.8 Å². The predicted octanol–water partition coefficient (Wildman–Crippen LogP) is 3.92. The van der Waals surface area contributed by atoms with Gasteiger partial charge in [0.25, 0.3) is 0 Å². The van der Waals surface area contributed by atoms with E-state index >= 15 is 4.39 Å². The first-order chi connectivity index (χ1) is 19.4. The molecule has 40 heavy (non-hydrogen) atoms. The second-order valence-corrected chi connectivity index (χ2v) is 10.2. The fourth-order valence-electron chi connectivity index (χ4n) is 5.15. The highest BCUT2D eigenvalue weighted by Gasteiger charge is 2.41. The Hall–Kier alpha value is -4.54. The first-order valence-corrected chi connectivity index (χ1v) is 13.1. The summed E-state index contributed by atoms with van der Waals surface area (Å²) >= 11 is 0. The van der Waals surface area contributed by atoms with Crippen LogP contribution in [0.5, 0.6) is 0 Å². The number of pyridine rings is 3. The van der Waals surface area contributed by atoms with Gasteiger partial charge < -0.3 is 15.6 Å². The van der Waals surface area contributed by atoms with Crippen LogP contribution in [0.15, 0.2) is 72.3 Å². The lowest BCUT2D eigenvalue weighted by molar-refractivity contribution is 0.315. The molecule has 6 heterocycles. The van der Waals surface area contributed by atoms with Crippen molar-refractivity contribution < 1.29 is 4.39 Å². The molecule has 202 valence electrons. The SMILES string of the molecule is CC=C/C=C(/c1ccccn1)c1[nH]c(C2=NC3NCC3c3cnc(-c4cncc(CN(C)C)c4)c(F)c32)nc1N. The number of nitrogens with one attached hydrogen (secondary N) is 2. The third kappa shape index (κ3) is 4.61. The van der Waals surface area contributed by atoms with Crippen LogP contribution in [0, 0.1) is 5.82 Å². The predicted molar refractivity (Wildman–Crippen MR) is 154 cm³/mol. The molecular weight excluding hydrogens is 505 g/mol. The lowest BCUT2D eigenvalue weighted by atomic mass is 9.82. The highest BCUT2D eigenvalue weighted by atomic mass is 19.1. The van der Waals surface area contributed by atoms with Gasteiger partial charge in [-0.05, 0) is 50.3 Å². The summed E-state index contributed by atoms with van der Waals surface area (Å²) in [6, 6.07) is 7.60. The number of imidazole rings is 1. The molecule has 2 aliphatic heterocycles. The number of rotatable bonds is 7. The van der Waals surface area contributed by atoms with E-state index in [1.165, 1.54) is 0 Å². The third-order valence-electron chi connectivity index (χ3n) is 7.07. The Bertz CT molecular complexity index is 1650. The van der Waals surface area contributed by atoms with Gasteiger partial charge in [-0.2, -0.15) is 0 Å². The zero-order chi connectivity index (χ0) is 27.8. The van der Waals surface area contributed by atoms with E-state index in [1.54, 1.807) is 24.8 Å². The van der Waals surface area contributed by atoms with Gasteiger partial charge in [-0.15, -0.1) is 0 Å². The molecule has 2 aliphatic rings. The highest BCUT2D eigenvalue weighted by Crippen LogP contribution is 2.39. The first-order valence-electron chi connectivity index (χ1n) is 13.1. The number of aromatic amines is 1. The van der Waals surface area contributed by atoms with E-state index in [4.69, 9.17) is 10.7 Å². The van der Waals surface area contributed by atoms with Gasteiger partial charge >= 0.3 is 0 Å². The molecule has 0 saturated carbocycles. The first kappa shape index (κ1) is 25.7. The normalized spacial score (nSPS) is 18.4. The molecule has 4 aromatic rings. The molecule has 4 N–H and O–H groups in total. The van der Waals surface area contributed by atoms with E-state index in [0.29, 0.717) is 41.4 Å². The number of nitrogen functional groups attached to an aromatic ring is 1. The summed E-state index contributed by atoms with van der Waals surface area (Å²) in [4.78, 5) is 28.3. The van der Waals surface area contributed by atoms with E-state index in [9.17, 15) is 0 Å². The molecule has 0 bridgehead atoms. The van der Waals surface area contributed by atoms with Gasteiger partial charge in [-0.1, -0.05) is 24.3 Å². The van der Waals surface area contributed by atoms with Gasteiger partial charge in [0.1, 0.15) is 23.4 Å². The molecule has 6 rings (SSSR count). The summed E-state index contributed by atoms with van der Waals surface area (Å²) in [6.45, 7) is 3.32. The standard InChI is InChI=1S/C30H30FN9/c1-4-5-8-19(22-9-6-7-10-34-22)26-28(32)39-30(37-26)27-23-20(21-15-36-29(21)38-27)14-35-25(24(23)31)18-11-17(12-33-13-18)16-40(2)3/h4-14,21,29,36H,15-16,32H2,1-3H3,(H,37,39)/b5-4?,19-8-. The van der Waals surface area contributed by atoms with Gasteiger partial charge in [-0.25, -0.2) is 9.37 Å². The highest BCUT2D eigenvalue weighted by molar-refractivity contribution is 6.13. The molecule has 0 aliphatic carbocycles. The Morgan fingerprint density at radius 1 is 1.20 bits per heavy atom. The number of hydrogen-bond acceptors (Lipinski definition) is 8. The number of halogens is 1. The zero-order valence-electron chi connectivity index (χ0n) is 22.6. The van der Waals surface area contributed by atoms with Crippen molar-refractivity contribution in [3.8, 4) is 11.3 Å². The van der Waals surface area contributed by atoms with Crippen molar-refractivity contribution in [2.45, 2.75) is 25.6 Å². The number of aromatic nitrogens is 5. The molecule has 0 radical (unpaired) electrons. The summed E-state index contributed by atoms with van der Waals surface area (Å²) in [5.74, 6) is 0.258. The molecule has 0 aromatic carbocycles. The van der Waals surface area contributed by atoms with Crippen LogP contribution in [0.4, 0.5) is 10.2 Å². The van der Waals surface area contributed by atoms with Crippen molar-refractivity contribution in [2.75, 3.05) is 26.4 Å². The largest absolute Gasteiger partial charge is 0.382 e. The Balaban J connectivity index is 1.47. The van der Waals surface area contributed by atoms with Crippen LogP contribution in [-0.2, 0) is 6.54 Å². The van der Waals surface area contributed by atoms with Crippen LogP contribution in [-0.4, -0.2) is 62.3 Å². The number of allylic oxidation sites excluding steroid dienone is 3. The molecule has 9 nitrogen and oxygen atoms in total. The second-order valence-electron chi connectivity index (χ2n) is 10.2. The average molecular weight is 536 g/mol. The van der Waals surface area contributed by atoms with Crippen molar-refractivity contribution in [2.24, 2.45) is 4.99 Å². The van der Waals surface area contributed by atoms with Crippen LogP contribution in [0.1, 0.15) is 46.7 Å². The molecule has 4 aromatic heterocycles. The maximum atomic E-state index is 16.5. The number of H-pyrrole nitrogens is 1. The van der Waals surface area contributed by atoms with E-state index in [1.807, 2.05) is 68.4 Å². The third-order valence-corrected chi connectivity index (χ3v) is 7.07. The maximum Gasteiger partial charge on any atom is 0.159 e. The van der Waals surface area contributed by atoms with Crippen molar-refractivity contribution >= 4 is 17.1 Å². The minimum atomic E-state index is -0.448. The van der Waals surface area contributed by atoms with Gasteiger partial charge in [-0.3, -0.25) is 25.3 Å². The van der Waals surface area contributed by atoms with Gasteiger partial charge in [0, 0.05) is 60.5 Å². The summed E-state index contributed by atoms with van der Waals surface area (Å²) in [5.41, 5.74) is 12.0. The van der Waals surface area contributed by atoms with E-state index in [2.05, 4.69) is 30.2 Å². The minimum Gasteiger partial charge on any atom is -0.382 e. The monoisotopic (exact) mass is 535 g/mol. The minimum absolute atomic E-state index is 0.0402. The number of nitrogens with zero attached hydrogens (tertiary/aromatic N) is 6. The Morgan fingerprint density at radius 2 is 2.08 bits per heavy atom. The van der Waals surface area contributed by atoms with Gasteiger partial charge in [0.05, 0.1) is 11.4 Å². The molecular formula is C30H30FN9. The lowest BCUT2D eigenvalue weighted by Gasteiger charge is -2.40. The van der Waals surface area contributed by atoms with E-state index in [-0.39, 0.29) is 23.6 Å². The number of fused-ring (bicyclic) bond motifs is 3. The van der Waals surface area contributed by atoms with Crippen molar-refractivity contribution in [1.82, 2.24) is 35.1 Å². The summed E-state index contributed by atoms with van der Waals surface area (Å²) in [7, 11) is 3.96. The molecule has 2 atom stereocenters. The molecule has 10 heteroatoms. The van der Waals surface area contributed by atoms with E-state index < -0.39 is 5.82 Å². The maximum absolute atomic E-state index is 16.5. The summed E-state index contributed by atoms with van der Waals surface area (Å²) < 4.78 is 16.5. The second kappa shape index (κ2) is 10.6. The number of anilines is 1. The fraction of sp³-hybridized carbons (Fsp3) is 0.233. The van der Waals surface area contributed by atoms with Gasteiger partial charge in [0.2, 0.25) is 0 Å². The fourth-order valence-corrected chi connectivity index (χ4v) is 5.15. The van der Waals surface area contributed by atoms with Gasteiger partial charge in [0.15, 0.2) is 11.6 Å². The van der Waals surface area contributed by atoms with Crippen molar-refractivity contribution in [1.29, 1.82) is 0 Å². The van der Waals surface area contributed by atoms with Crippen LogP contribution >= 0.6 is 0 Å². The topological polar surface area (TPSA) is 121 Å². The van der Waals surface area contributed by atoms with Crippen LogP contribution < -0.4 is 11.1 Å².